The fourth-order valence-corrected chi connectivity index (χ4v) is 1.66. The molecule has 1 fully saturated rings. The summed E-state index contributed by atoms with van der Waals surface area (Å²) >= 11 is 3.43. The molecule has 0 aliphatic carbocycles. The molecule has 0 amide bonds. The molecule has 0 aromatic carbocycles. The first-order valence-corrected chi connectivity index (χ1v) is 4.60. The molecule has 10 heavy (non-hydrogen) atoms. The van der Waals surface area contributed by atoms with Crippen molar-refractivity contribution in [2.24, 2.45) is 0 Å². The van der Waals surface area contributed by atoms with E-state index in [2.05, 4.69) is 26.8 Å². The Morgan fingerprint density at radius 2 is 1.90 bits per heavy atom. The fourth-order valence-electron chi connectivity index (χ4n) is 1.25. The van der Waals surface area contributed by atoms with E-state index in [9.17, 15) is 0 Å². The Bertz CT molecular complexity index is 133. The Morgan fingerprint density at radius 1 is 1.30 bits per heavy atom. The summed E-state index contributed by atoms with van der Waals surface area (Å²) in [6.45, 7) is 2.31. The number of hydrogen-bond donors (Lipinski definition) is 0. The van der Waals surface area contributed by atoms with Crippen molar-refractivity contribution in [3.8, 4) is 12.3 Å². The van der Waals surface area contributed by atoms with Crippen LogP contribution in [0.5, 0.6) is 0 Å². The van der Waals surface area contributed by atoms with Gasteiger partial charge >= 0.3 is 0 Å². The molecular weight excluding hydrogens is 190 g/mol. The van der Waals surface area contributed by atoms with Gasteiger partial charge < -0.3 is 0 Å². The minimum absolute atomic E-state index is 0.160. The van der Waals surface area contributed by atoms with Crippen LogP contribution < -0.4 is 0 Å². The predicted molar refractivity (Wildman–Crippen MR) is 47.0 cm³/mol. The molecule has 0 radical (unpaired) electrons. The van der Waals surface area contributed by atoms with Crippen LogP contribution >= 0.6 is 15.9 Å². The van der Waals surface area contributed by atoms with E-state index >= 15 is 0 Å². The number of nitrogens with zero attached hydrogens (tertiary/aromatic N) is 1. The van der Waals surface area contributed by atoms with E-state index in [0.29, 0.717) is 0 Å². The van der Waals surface area contributed by atoms with Gasteiger partial charge in [-0.25, -0.2) is 0 Å². The van der Waals surface area contributed by atoms with E-state index in [0.717, 1.165) is 13.1 Å². The van der Waals surface area contributed by atoms with Gasteiger partial charge in [0.15, 0.2) is 0 Å². The van der Waals surface area contributed by atoms with Gasteiger partial charge in [-0.15, -0.1) is 6.42 Å². The van der Waals surface area contributed by atoms with Crippen molar-refractivity contribution in [3.63, 3.8) is 0 Å². The van der Waals surface area contributed by atoms with Crippen LogP contribution in [0.1, 0.15) is 19.3 Å². The topological polar surface area (TPSA) is 3.24 Å². The first-order chi connectivity index (χ1) is 4.84. The van der Waals surface area contributed by atoms with E-state index in [-0.39, 0.29) is 4.95 Å². The lowest BCUT2D eigenvalue weighted by atomic mass is 10.1. The standard InChI is InChI=1S/C8H12BrN/c1-2-8(9)10-6-4-3-5-7-10/h1,8H,3-7H2. The van der Waals surface area contributed by atoms with Gasteiger partial charge in [0.25, 0.3) is 0 Å². The Balaban J connectivity index is 2.33. The second kappa shape index (κ2) is 4.00. The lowest BCUT2D eigenvalue weighted by Crippen LogP contribution is -2.34. The molecule has 0 aromatic heterocycles. The molecule has 1 aliphatic rings. The molecule has 0 bridgehead atoms. The molecule has 0 spiro atoms. The second-order valence-corrected chi connectivity index (χ2v) is 3.47. The van der Waals surface area contributed by atoms with Crippen LogP contribution in [0.3, 0.4) is 0 Å². The smallest absolute Gasteiger partial charge is 0.127 e. The highest BCUT2D eigenvalue weighted by Gasteiger charge is 2.14. The molecule has 56 valence electrons. The minimum atomic E-state index is 0.160. The summed E-state index contributed by atoms with van der Waals surface area (Å²) in [6.07, 6.45) is 9.22. The third-order valence-electron chi connectivity index (χ3n) is 1.85. The summed E-state index contributed by atoms with van der Waals surface area (Å²) in [6, 6.07) is 0. The zero-order valence-electron chi connectivity index (χ0n) is 6.02. The molecule has 1 rings (SSSR count). The lowest BCUT2D eigenvalue weighted by Gasteiger charge is -2.27. The molecule has 1 atom stereocenters. The van der Waals surface area contributed by atoms with Crippen molar-refractivity contribution >= 4 is 15.9 Å². The van der Waals surface area contributed by atoms with Crippen molar-refractivity contribution in [2.45, 2.75) is 24.2 Å². The highest BCUT2D eigenvalue weighted by molar-refractivity contribution is 9.09. The molecule has 1 unspecified atom stereocenters. The lowest BCUT2D eigenvalue weighted by molar-refractivity contribution is 0.242. The molecule has 1 aliphatic heterocycles. The molecule has 1 heterocycles. The normalized spacial score (nSPS) is 23.6. The summed E-state index contributed by atoms with van der Waals surface area (Å²) in [5, 5.41) is 0. The maximum atomic E-state index is 5.26. The Morgan fingerprint density at radius 3 is 2.40 bits per heavy atom. The SMILES string of the molecule is C#CC(Br)N1CCCCC1. The zero-order chi connectivity index (χ0) is 7.40. The van der Waals surface area contributed by atoms with Gasteiger partial charge in [0.1, 0.15) is 4.95 Å². The number of hydrogen-bond acceptors (Lipinski definition) is 1. The summed E-state index contributed by atoms with van der Waals surface area (Å²) in [4.78, 5) is 2.46. The monoisotopic (exact) mass is 201 g/mol. The third-order valence-corrected chi connectivity index (χ3v) is 2.69. The van der Waals surface area contributed by atoms with E-state index in [4.69, 9.17) is 6.42 Å². The second-order valence-electron chi connectivity index (χ2n) is 2.60. The molecule has 0 saturated carbocycles. The number of rotatable bonds is 1. The van der Waals surface area contributed by atoms with Crippen molar-refractivity contribution < 1.29 is 0 Å². The van der Waals surface area contributed by atoms with E-state index in [1.54, 1.807) is 0 Å². The van der Waals surface area contributed by atoms with Gasteiger partial charge in [0.05, 0.1) is 0 Å². The highest BCUT2D eigenvalue weighted by Crippen LogP contribution is 2.14. The van der Waals surface area contributed by atoms with Crippen molar-refractivity contribution in [1.29, 1.82) is 0 Å². The molecule has 2 heteroatoms. The van der Waals surface area contributed by atoms with Crippen molar-refractivity contribution in [1.82, 2.24) is 4.90 Å². The summed E-state index contributed by atoms with van der Waals surface area (Å²) in [5.74, 6) is 2.68. The number of piperidine rings is 1. The average Bonchev–Trinajstić information content (AvgIpc) is 2.05. The van der Waals surface area contributed by atoms with Gasteiger partial charge in [-0.2, -0.15) is 0 Å². The van der Waals surface area contributed by atoms with Gasteiger partial charge in [-0.05, 0) is 12.8 Å². The van der Waals surface area contributed by atoms with Gasteiger partial charge in [-0.3, -0.25) is 4.90 Å². The fraction of sp³-hybridized carbons (Fsp3) is 0.750. The maximum absolute atomic E-state index is 5.26. The van der Waals surface area contributed by atoms with E-state index in [1.807, 2.05) is 0 Å². The number of alkyl halides is 1. The number of likely N-dealkylation sites (tertiary alicyclic amines) is 1. The number of halogens is 1. The number of terminal acetylenes is 1. The van der Waals surface area contributed by atoms with Crippen LogP contribution in [0.2, 0.25) is 0 Å². The Kier molecular flexibility index (Phi) is 3.24. The molecular formula is C8H12BrN. The van der Waals surface area contributed by atoms with Crippen LogP contribution in [-0.4, -0.2) is 22.9 Å². The first kappa shape index (κ1) is 8.10. The van der Waals surface area contributed by atoms with Gasteiger partial charge in [-0.1, -0.05) is 28.3 Å². The molecule has 1 nitrogen and oxygen atoms in total. The van der Waals surface area contributed by atoms with Crippen molar-refractivity contribution in [3.05, 3.63) is 0 Å². The van der Waals surface area contributed by atoms with Crippen LogP contribution in [0.15, 0.2) is 0 Å². The summed E-state index contributed by atoms with van der Waals surface area (Å²) < 4.78 is 0. The van der Waals surface area contributed by atoms with Crippen LogP contribution in [0.4, 0.5) is 0 Å². The predicted octanol–water partition coefficient (Wildman–Crippen LogP) is 1.83. The Hall–Kier alpha value is -0.0000000000000000208. The van der Waals surface area contributed by atoms with Crippen LogP contribution in [-0.2, 0) is 0 Å². The van der Waals surface area contributed by atoms with Crippen molar-refractivity contribution in [2.75, 3.05) is 13.1 Å². The van der Waals surface area contributed by atoms with E-state index in [1.165, 1.54) is 19.3 Å². The minimum Gasteiger partial charge on any atom is -0.281 e. The molecule has 1 saturated heterocycles. The van der Waals surface area contributed by atoms with Gasteiger partial charge in [0, 0.05) is 13.1 Å². The molecule has 0 N–H and O–H groups in total. The third kappa shape index (κ3) is 2.00. The maximum Gasteiger partial charge on any atom is 0.127 e. The largest absolute Gasteiger partial charge is 0.281 e. The van der Waals surface area contributed by atoms with Gasteiger partial charge in [0.2, 0.25) is 0 Å². The average molecular weight is 202 g/mol. The Labute approximate surface area is 70.9 Å². The summed E-state index contributed by atoms with van der Waals surface area (Å²) in [7, 11) is 0. The summed E-state index contributed by atoms with van der Waals surface area (Å²) in [5.41, 5.74) is 0. The van der Waals surface area contributed by atoms with Crippen LogP contribution in [0.25, 0.3) is 0 Å². The molecule has 0 aromatic rings. The highest BCUT2D eigenvalue weighted by atomic mass is 79.9. The first-order valence-electron chi connectivity index (χ1n) is 3.69. The zero-order valence-corrected chi connectivity index (χ0v) is 7.60. The quantitative estimate of drug-likeness (QED) is 0.356. The van der Waals surface area contributed by atoms with E-state index < -0.39 is 0 Å². The van der Waals surface area contributed by atoms with Crippen LogP contribution in [0, 0.1) is 12.3 Å².